The van der Waals surface area contributed by atoms with Gasteiger partial charge in [0.2, 0.25) is 5.91 Å². The van der Waals surface area contributed by atoms with Crippen LogP contribution in [0.3, 0.4) is 0 Å². The van der Waals surface area contributed by atoms with Crippen molar-refractivity contribution in [3.8, 4) is 5.75 Å². The standard InChI is InChI=1S/C24H24N6O4S/c1-33-17-3-4-19-18(7-17)23(27-13-26-19)29-9-14(10-29)25-8-16-11-34-24(32)30(16)15-2-5-21-20(6-15)28-22(31)12-35-21/h2-7,13-14,16,25H,8-12H2,1H3,(H,28,31)/t16-/m0/s1. The van der Waals surface area contributed by atoms with Crippen LogP contribution in [0.4, 0.5) is 22.0 Å². The molecule has 0 unspecified atom stereocenters. The highest BCUT2D eigenvalue weighted by Crippen LogP contribution is 2.36. The Kier molecular flexibility index (Phi) is 5.57. The van der Waals surface area contributed by atoms with E-state index in [1.54, 1.807) is 18.3 Å². The molecule has 3 aromatic rings. The zero-order valence-corrected chi connectivity index (χ0v) is 19.9. The first-order valence-electron chi connectivity index (χ1n) is 11.4. The number of nitrogens with one attached hydrogen (secondary N) is 2. The van der Waals surface area contributed by atoms with Crippen LogP contribution in [-0.4, -0.2) is 73.2 Å². The fourth-order valence-corrected chi connectivity index (χ4v) is 5.42. The number of hydrogen-bond donors (Lipinski definition) is 2. The number of hydrogen-bond acceptors (Lipinski definition) is 9. The second kappa shape index (κ2) is 8.90. The Morgan fingerprint density at radius 3 is 2.94 bits per heavy atom. The van der Waals surface area contributed by atoms with Gasteiger partial charge in [-0.3, -0.25) is 9.69 Å². The summed E-state index contributed by atoms with van der Waals surface area (Å²) in [6, 6.07) is 11.6. The lowest BCUT2D eigenvalue weighted by molar-refractivity contribution is -0.113. The number of carbonyl (C=O) groups excluding carboxylic acids is 2. The summed E-state index contributed by atoms with van der Waals surface area (Å²) in [4.78, 5) is 38.0. The van der Waals surface area contributed by atoms with Crippen LogP contribution in [0.2, 0.25) is 0 Å². The summed E-state index contributed by atoms with van der Waals surface area (Å²) in [5.74, 6) is 2.03. The molecular weight excluding hydrogens is 468 g/mol. The summed E-state index contributed by atoms with van der Waals surface area (Å²) in [5, 5.41) is 7.41. The number of methoxy groups -OCH3 is 1. The molecule has 11 heteroatoms. The lowest BCUT2D eigenvalue weighted by Crippen LogP contribution is -2.60. The van der Waals surface area contributed by atoms with Crippen LogP contribution in [0.5, 0.6) is 5.75 Å². The van der Waals surface area contributed by atoms with Crippen LogP contribution in [0.15, 0.2) is 47.6 Å². The molecule has 180 valence electrons. The van der Waals surface area contributed by atoms with Crippen LogP contribution in [-0.2, 0) is 9.53 Å². The number of rotatable bonds is 6. The van der Waals surface area contributed by atoms with Gasteiger partial charge in [0.15, 0.2) is 0 Å². The maximum Gasteiger partial charge on any atom is 0.414 e. The Labute approximate surface area is 206 Å². The quantitative estimate of drug-likeness (QED) is 0.536. The number of fused-ring (bicyclic) bond motifs is 2. The van der Waals surface area contributed by atoms with Gasteiger partial charge in [-0.25, -0.2) is 14.8 Å². The minimum absolute atomic E-state index is 0.0358. The molecule has 4 heterocycles. The monoisotopic (exact) mass is 492 g/mol. The third-order valence-corrected chi connectivity index (χ3v) is 7.55. The molecule has 0 aliphatic carbocycles. The van der Waals surface area contributed by atoms with Gasteiger partial charge < -0.3 is 25.0 Å². The third kappa shape index (κ3) is 4.10. The average Bonchev–Trinajstić information content (AvgIpc) is 3.22. The van der Waals surface area contributed by atoms with E-state index in [1.807, 2.05) is 36.4 Å². The highest BCUT2D eigenvalue weighted by Gasteiger charge is 2.36. The van der Waals surface area contributed by atoms with Gasteiger partial charge in [-0.15, -0.1) is 11.8 Å². The molecule has 0 radical (unpaired) electrons. The van der Waals surface area contributed by atoms with E-state index >= 15 is 0 Å². The number of amides is 2. The van der Waals surface area contributed by atoms with Crippen molar-refractivity contribution < 1.29 is 19.1 Å². The molecule has 1 aromatic heterocycles. The van der Waals surface area contributed by atoms with Gasteiger partial charge in [0, 0.05) is 41.6 Å². The fourth-order valence-electron chi connectivity index (χ4n) is 4.63. The summed E-state index contributed by atoms with van der Waals surface area (Å²) in [5.41, 5.74) is 2.33. The third-order valence-electron chi connectivity index (χ3n) is 6.48. The summed E-state index contributed by atoms with van der Waals surface area (Å²) in [6.07, 6.45) is 1.22. The molecule has 2 amide bonds. The topological polar surface area (TPSA) is 109 Å². The number of benzene rings is 2. The molecule has 2 saturated heterocycles. The zero-order chi connectivity index (χ0) is 23.9. The Morgan fingerprint density at radius 1 is 1.20 bits per heavy atom. The summed E-state index contributed by atoms with van der Waals surface area (Å²) >= 11 is 1.50. The second-order valence-corrected chi connectivity index (χ2v) is 9.73. The van der Waals surface area contributed by atoms with Crippen molar-refractivity contribution in [3.05, 3.63) is 42.7 Å². The second-order valence-electron chi connectivity index (χ2n) is 8.71. The van der Waals surface area contributed by atoms with E-state index in [2.05, 4.69) is 25.5 Å². The van der Waals surface area contributed by atoms with Crippen molar-refractivity contribution in [1.82, 2.24) is 15.3 Å². The minimum atomic E-state index is -0.372. The van der Waals surface area contributed by atoms with Crippen molar-refractivity contribution >= 4 is 51.9 Å². The van der Waals surface area contributed by atoms with Crippen LogP contribution in [0, 0.1) is 0 Å². The number of ether oxygens (including phenoxy) is 2. The number of anilines is 3. The first kappa shape index (κ1) is 21.9. The van der Waals surface area contributed by atoms with Crippen molar-refractivity contribution in [2.75, 3.05) is 54.2 Å². The molecule has 0 spiro atoms. The van der Waals surface area contributed by atoms with Crippen molar-refractivity contribution in [2.45, 2.75) is 17.0 Å². The Morgan fingerprint density at radius 2 is 2.09 bits per heavy atom. The SMILES string of the molecule is COc1ccc2ncnc(N3CC(NC[C@H]4COC(=O)N4c4ccc5c(c4)NC(=O)CS5)C3)c2c1. The Bertz CT molecular complexity index is 1310. The number of aromatic nitrogens is 2. The highest BCUT2D eigenvalue weighted by molar-refractivity contribution is 8.00. The summed E-state index contributed by atoms with van der Waals surface area (Å²) in [6.45, 7) is 2.51. The molecule has 35 heavy (non-hydrogen) atoms. The number of nitrogens with zero attached hydrogens (tertiary/aromatic N) is 4. The summed E-state index contributed by atoms with van der Waals surface area (Å²) < 4.78 is 10.7. The molecule has 0 saturated carbocycles. The molecule has 3 aliphatic heterocycles. The van der Waals surface area contributed by atoms with E-state index in [1.165, 1.54) is 11.8 Å². The smallest absolute Gasteiger partial charge is 0.414 e. The number of carbonyl (C=O) groups is 2. The van der Waals surface area contributed by atoms with Gasteiger partial charge in [0.1, 0.15) is 24.5 Å². The van der Waals surface area contributed by atoms with Crippen molar-refractivity contribution in [3.63, 3.8) is 0 Å². The highest BCUT2D eigenvalue weighted by atomic mass is 32.2. The van der Waals surface area contributed by atoms with Gasteiger partial charge in [0.25, 0.3) is 0 Å². The fraction of sp³-hybridized carbons (Fsp3) is 0.333. The van der Waals surface area contributed by atoms with Crippen LogP contribution in [0.25, 0.3) is 10.9 Å². The van der Waals surface area contributed by atoms with E-state index in [4.69, 9.17) is 9.47 Å². The maximum absolute atomic E-state index is 12.5. The van der Waals surface area contributed by atoms with Gasteiger partial charge >= 0.3 is 6.09 Å². The lowest BCUT2D eigenvalue weighted by Gasteiger charge is -2.41. The molecule has 6 rings (SSSR count). The van der Waals surface area contributed by atoms with Crippen LogP contribution >= 0.6 is 11.8 Å². The largest absolute Gasteiger partial charge is 0.497 e. The van der Waals surface area contributed by atoms with Crippen molar-refractivity contribution in [1.29, 1.82) is 0 Å². The predicted octanol–water partition coefficient (Wildman–Crippen LogP) is 2.49. The lowest BCUT2D eigenvalue weighted by atomic mass is 10.1. The van der Waals surface area contributed by atoms with E-state index in [0.29, 0.717) is 18.9 Å². The normalized spacial score (nSPS) is 19.9. The van der Waals surface area contributed by atoms with Gasteiger partial charge in [0.05, 0.1) is 30.1 Å². The molecule has 2 fully saturated rings. The first-order valence-corrected chi connectivity index (χ1v) is 12.4. The molecule has 3 aliphatic rings. The zero-order valence-electron chi connectivity index (χ0n) is 19.1. The maximum atomic E-state index is 12.5. The number of cyclic esters (lactones) is 1. The van der Waals surface area contributed by atoms with Crippen LogP contribution < -0.4 is 25.2 Å². The molecule has 10 nitrogen and oxygen atoms in total. The van der Waals surface area contributed by atoms with Gasteiger partial charge in [-0.05, 0) is 36.4 Å². The van der Waals surface area contributed by atoms with Gasteiger partial charge in [-0.2, -0.15) is 0 Å². The molecule has 0 bridgehead atoms. The summed E-state index contributed by atoms with van der Waals surface area (Å²) in [7, 11) is 1.65. The van der Waals surface area contributed by atoms with Crippen LogP contribution in [0.1, 0.15) is 0 Å². The molecule has 1 atom stereocenters. The predicted molar refractivity (Wildman–Crippen MR) is 134 cm³/mol. The first-order chi connectivity index (χ1) is 17.1. The van der Waals surface area contributed by atoms with E-state index in [-0.39, 0.29) is 24.1 Å². The van der Waals surface area contributed by atoms with E-state index in [9.17, 15) is 9.59 Å². The Balaban J connectivity index is 1.11. The average molecular weight is 493 g/mol. The molecular formula is C24H24N6O4S. The minimum Gasteiger partial charge on any atom is -0.497 e. The molecule has 2 aromatic carbocycles. The molecule has 2 N–H and O–H groups in total. The Hall–Kier alpha value is -3.57. The number of thioether (sulfide) groups is 1. The van der Waals surface area contributed by atoms with E-state index in [0.717, 1.165) is 51.8 Å². The van der Waals surface area contributed by atoms with E-state index < -0.39 is 0 Å². The van der Waals surface area contributed by atoms with Gasteiger partial charge in [-0.1, -0.05) is 0 Å². The van der Waals surface area contributed by atoms with Crippen molar-refractivity contribution in [2.24, 2.45) is 0 Å².